The summed E-state index contributed by atoms with van der Waals surface area (Å²) in [5.74, 6) is -0.186. The Bertz CT molecular complexity index is 1110. The number of anilines is 1. The Balaban J connectivity index is 1.79. The van der Waals surface area contributed by atoms with Crippen molar-refractivity contribution >= 4 is 55.8 Å². The molecule has 3 aromatic carbocycles. The van der Waals surface area contributed by atoms with Gasteiger partial charge in [0.25, 0.3) is 5.91 Å². The van der Waals surface area contributed by atoms with Crippen LogP contribution in [0.4, 0.5) is 5.13 Å². The van der Waals surface area contributed by atoms with Crippen LogP contribution < -0.4 is 4.90 Å². The second-order valence-corrected chi connectivity index (χ2v) is 7.82. The molecule has 0 atom stereocenters. The fourth-order valence-corrected chi connectivity index (χ4v) is 4.23. The van der Waals surface area contributed by atoms with E-state index in [1.807, 2.05) is 42.5 Å². The number of carbonyl (C=O) groups excluding carboxylic acids is 1. The molecule has 134 valence electrons. The fraction of sp³-hybridized carbons (Fsp3) is 0.0476. The molecule has 0 aliphatic rings. The van der Waals surface area contributed by atoms with Gasteiger partial charge in [0.1, 0.15) is 0 Å². The van der Waals surface area contributed by atoms with Gasteiger partial charge in [-0.05, 0) is 35.9 Å². The molecule has 6 heteroatoms. The monoisotopic (exact) mass is 412 g/mol. The highest BCUT2D eigenvalue weighted by atomic mass is 35.5. The number of fused-ring (bicyclic) bond motifs is 1. The third-order valence-electron chi connectivity index (χ3n) is 4.10. The van der Waals surface area contributed by atoms with Crippen molar-refractivity contribution in [1.29, 1.82) is 0 Å². The van der Waals surface area contributed by atoms with E-state index in [4.69, 9.17) is 23.2 Å². The lowest BCUT2D eigenvalue weighted by Gasteiger charge is -2.20. The number of hydrogen-bond acceptors (Lipinski definition) is 3. The lowest BCUT2D eigenvalue weighted by Crippen LogP contribution is -2.30. The molecule has 1 amide bonds. The maximum atomic E-state index is 13.3. The molecule has 1 heterocycles. The van der Waals surface area contributed by atoms with Crippen molar-refractivity contribution in [3.8, 4) is 0 Å². The Hall–Kier alpha value is -2.40. The Kier molecular flexibility index (Phi) is 5.12. The third kappa shape index (κ3) is 3.83. The quantitative estimate of drug-likeness (QED) is 0.385. The first-order valence-electron chi connectivity index (χ1n) is 8.28. The number of aromatic nitrogens is 1. The first-order valence-corrected chi connectivity index (χ1v) is 9.85. The molecule has 0 saturated carbocycles. The molecule has 1 aromatic heterocycles. The molecule has 0 spiro atoms. The second kappa shape index (κ2) is 7.69. The van der Waals surface area contributed by atoms with Crippen molar-refractivity contribution in [2.24, 2.45) is 0 Å². The van der Waals surface area contributed by atoms with E-state index in [9.17, 15) is 4.79 Å². The molecular weight excluding hydrogens is 399 g/mol. The summed E-state index contributed by atoms with van der Waals surface area (Å²) >= 11 is 13.8. The van der Waals surface area contributed by atoms with Crippen molar-refractivity contribution in [2.75, 3.05) is 4.90 Å². The number of halogens is 2. The summed E-state index contributed by atoms with van der Waals surface area (Å²) in [5.41, 5.74) is 2.27. The Morgan fingerprint density at radius 3 is 2.48 bits per heavy atom. The first kappa shape index (κ1) is 18.0. The number of nitrogens with zero attached hydrogens (tertiary/aromatic N) is 2. The minimum absolute atomic E-state index is 0.186. The van der Waals surface area contributed by atoms with Gasteiger partial charge in [-0.25, -0.2) is 4.98 Å². The van der Waals surface area contributed by atoms with Crippen LogP contribution in [-0.2, 0) is 6.54 Å². The molecule has 0 radical (unpaired) electrons. The maximum absolute atomic E-state index is 13.3. The van der Waals surface area contributed by atoms with Crippen LogP contribution in [0.3, 0.4) is 0 Å². The lowest BCUT2D eigenvalue weighted by molar-refractivity contribution is 0.0985. The molecule has 0 aliphatic carbocycles. The largest absolute Gasteiger partial charge is 0.279 e. The summed E-state index contributed by atoms with van der Waals surface area (Å²) in [5, 5.41) is 1.68. The number of hydrogen-bond donors (Lipinski definition) is 0. The molecule has 0 saturated heterocycles. The highest BCUT2D eigenvalue weighted by molar-refractivity contribution is 7.22. The molecule has 0 fully saturated rings. The summed E-state index contributed by atoms with van der Waals surface area (Å²) in [7, 11) is 0. The molecule has 0 unspecified atom stereocenters. The molecule has 27 heavy (non-hydrogen) atoms. The number of rotatable bonds is 4. The zero-order chi connectivity index (χ0) is 18.8. The van der Waals surface area contributed by atoms with Gasteiger partial charge in [-0.1, -0.05) is 77.0 Å². The van der Waals surface area contributed by atoms with E-state index in [0.717, 1.165) is 15.8 Å². The van der Waals surface area contributed by atoms with Crippen LogP contribution >= 0.6 is 34.5 Å². The Labute approximate surface area is 170 Å². The van der Waals surface area contributed by atoms with Crippen LogP contribution in [0.15, 0.2) is 72.8 Å². The van der Waals surface area contributed by atoms with Crippen LogP contribution in [-0.4, -0.2) is 10.9 Å². The van der Waals surface area contributed by atoms with Gasteiger partial charge in [0.2, 0.25) is 0 Å². The predicted octanol–water partition coefficient (Wildman–Crippen LogP) is 6.45. The van der Waals surface area contributed by atoms with E-state index >= 15 is 0 Å². The van der Waals surface area contributed by atoms with Crippen molar-refractivity contribution in [3.05, 3.63) is 94.0 Å². The van der Waals surface area contributed by atoms with Gasteiger partial charge in [-0.3, -0.25) is 9.69 Å². The van der Waals surface area contributed by atoms with E-state index in [1.165, 1.54) is 11.3 Å². The van der Waals surface area contributed by atoms with Crippen LogP contribution in [0.2, 0.25) is 10.0 Å². The third-order valence-corrected chi connectivity index (χ3v) is 5.71. The topological polar surface area (TPSA) is 33.2 Å². The Morgan fingerprint density at radius 1 is 0.963 bits per heavy atom. The van der Waals surface area contributed by atoms with Crippen LogP contribution in [0.25, 0.3) is 10.2 Å². The average molecular weight is 413 g/mol. The zero-order valence-electron chi connectivity index (χ0n) is 14.1. The molecule has 3 nitrogen and oxygen atoms in total. The molecule has 4 aromatic rings. The van der Waals surface area contributed by atoms with Crippen LogP contribution in [0.1, 0.15) is 15.9 Å². The highest BCUT2D eigenvalue weighted by Crippen LogP contribution is 2.33. The molecule has 0 bridgehead atoms. The number of benzene rings is 3. The van der Waals surface area contributed by atoms with E-state index in [1.54, 1.807) is 35.2 Å². The van der Waals surface area contributed by atoms with Gasteiger partial charge < -0.3 is 0 Å². The van der Waals surface area contributed by atoms with E-state index in [-0.39, 0.29) is 5.91 Å². The van der Waals surface area contributed by atoms with E-state index < -0.39 is 0 Å². The summed E-state index contributed by atoms with van der Waals surface area (Å²) in [6.07, 6.45) is 0. The number of amides is 1. The van der Waals surface area contributed by atoms with E-state index in [0.29, 0.717) is 27.3 Å². The van der Waals surface area contributed by atoms with E-state index in [2.05, 4.69) is 4.98 Å². The van der Waals surface area contributed by atoms with Crippen molar-refractivity contribution < 1.29 is 4.79 Å². The average Bonchev–Trinajstić information content (AvgIpc) is 3.09. The van der Waals surface area contributed by atoms with Gasteiger partial charge in [0.05, 0.1) is 27.3 Å². The highest BCUT2D eigenvalue weighted by Gasteiger charge is 2.23. The molecule has 0 N–H and O–H groups in total. The van der Waals surface area contributed by atoms with Crippen molar-refractivity contribution in [3.63, 3.8) is 0 Å². The smallest absolute Gasteiger partial charge is 0.261 e. The summed E-state index contributed by atoms with van der Waals surface area (Å²) < 4.78 is 0.933. The number of thiazole rings is 1. The standard InChI is InChI=1S/C21H14Cl2N2OS/c22-15-10-11-18-19(12-15)27-21(24-18)25(13-14-6-2-1-3-7-14)20(26)16-8-4-5-9-17(16)23/h1-12H,13H2. The summed E-state index contributed by atoms with van der Waals surface area (Å²) in [6.45, 7) is 0.401. The molecule has 0 aliphatic heterocycles. The molecule has 4 rings (SSSR count). The number of carbonyl (C=O) groups is 1. The fourth-order valence-electron chi connectivity index (χ4n) is 2.77. The SMILES string of the molecule is O=C(c1ccccc1Cl)N(Cc1ccccc1)c1nc2ccc(Cl)cc2s1. The minimum Gasteiger partial charge on any atom is -0.279 e. The maximum Gasteiger partial charge on any atom is 0.261 e. The first-order chi connectivity index (χ1) is 13.1. The zero-order valence-corrected chi connectivity index (χ0v) is 16.4. The minimum atomic E-state index is -0.186. The van der Waals surface area contributed by atoms with Crippen LogP contribution in [0.5, 0.6) is 0 Å². The van der Waals surface area contributed by atoms with Crippen molar-refractivity contribution in [2.45, 2.75) is 6.54 Å². The normalized spacial score (nSPS) is 10.9. The predicted molar refractivity (Wildman–Crippen MR) is 113 cm³/mol. The summed E-state index contributed by atoms with van der Waals surface area (Å²) in [6, 6.07) is 22.4. The van der Waals surface area contributed by atoms with Gasteiger partial charge in [0, 0.05) is 5.02 Å². The lowest BCUT2D eigenvalue weighted by atomic mass is 10.1. The second-order valence-electron chi connectivity index (χ2n) is 5.97. The van der Waals surface area contributed by atoms with Gasteiger partial charge in [-0.2, -0.15) is 0 Å². The van der Waals surface area contributed by atoms with Crippen LogP contribution in [0, 0.1) is 0 Å². The Morgan fingerprint density at radius 2 is 1.70 bits per heavy atom. The van der Waals surface area contributed by atoms with Crippen molar-refractivity contribution in [1.82, 2.24) is 4.98 Å². The molecular formula is C21H14Cl2N2OS. The van der Waals surface area contributed by atoms with Gasteiger partial charge >= 0.3 is 0 Å². The van der Waals surface area contributed by atoms with Gasteiger partial charge in [-0.15, -0.1) is 0 Å². The van der Waals surface area contributed by atoms with Gasteiger partial charge in [0.15, 0.2) is 5.13 Å². The summed E-state index contributed by atoms with van der Waals surface area (Å²) in [4.78, 5) is 19.6.